The molecule has 3 aliphatic heterocycles. The minimum absolute atomic E-state index is 0.124. The molecule has 1 aromatic rings. The Bertz CT molecular complexity index is 1210. The number of carbonyl (C=O) groups excluding carboxylic acids is 2. The fourth-order valence-corrected chi connectivity index (χ4v) is 6.63. The van der Waals surface area contributed by atoms with Crippen LogP contribution in [0.4, 0.5) is 14.4 Å². The van der Waals surface area contributed by atoms with Crippen molar-refractivity contribution in [1.82, 2.24) is 30.6 Å². The molecule has 0 radical (unpaired) electrons. The van der Waals surface area contributed by atoms with Crippen LogP contribution in [0.3, 0.4) is 0 Å². The van der Waals surface area contributed by atoms with Crippen LogP contribution < -0.4 is 10.8 Å². The van der Waals surface area contributed by atoms with Gasteiger partial charge in [0.15, 0.2) is 5.79 Å². The van der Waals surface area contributed by atoms with Crippen molar-refractivity contribution in [2.45, 2.75) is 103 Å². The third kappa shape index (κ3) is 6.71. The summed E-state index contributed by atoms with van der Waals surface area (Å²) < 4.78 is 0. The number of hydrogen-bond acceptors (Lipinski definition) is 7. The highest BCUT2D eigenvalue weighted by atomic mass is 16.7. The number of hydrogen-bond donors (Lipinski definition) is 4. The molecule has 14 heteroatoms. The third-order valence-corrected chi connectivity index (χ3v) is 8.58. The molecule has 4 rings (SSSR count). The molecular formula is C30H46N6O8. The number of rotatable bonds is 9. The van der Waals surface area contributed by atoms with Crippen LogP contribution in [0.5, 0.6) is 0 Å². The average molecular weight is 619 g/mol. The second kappa shape index (κ2) is 12.8. The normalized spacial score (nSPS) is 22.8. The van der Waals surface area contributed by atoms with E-state index < -0.39 is 40.9 Å². The standard InChI is InChI=1S/C30H46N6O8/c1-28(2,3)30(31-25(38)39,36(27(41)42)29(4,5)6)33-16-14-22(15-17-33)44-32-24(37)23-13-12-21-18-34(23)26(40)35(21)43-19-20-10-8-7-9-11-20/h7-11,21-23,31H,12-19H2,1-6H3,(H,32,37)(H,38,39)(H,41,42)/t21-,23+,30?/m1/s1. The van der Waals surface area contributed by atoms with Crippen LogP contribution >= 0.6 is 0 Å². The molecule has 244 valence electrons. The maximum absolute atomic E-state index is 13.2. The fourth-order valence-electron chi connectivity index (χ4n) is 6.63. The summed E-state index contributed by atoms with van der Waals surface area (Å²) in [6.07, 6.45) is -1.06. The lowest BCUT2D eigenvalue weighted by atomic mass is 9.80. The number of nitrogens with one attached hydrogen (secondary N) is 2. The van der Waals surface area contributed by atoms with Gasteiger partial charge in [0.2, 0.25) is 0 Å². The molecule has 3 aliphatic rings. The van der Waals surface area contributed by atoms with Gasteiger partial charge in [0.1, 0.15) is 12.6 Å². The molecular weight excluding hydrogens is 572 g/mol. The molecule has 3 saturated heterocycles. The molecule has 14 nitrogen and oxygen atoms in total. The van der Waals surface area contributed by atoms with Crippen molar-refractivity contribution >= 4 is 24.1 Å². The summed E-state index contributed by atoms with van der Waals surface area (Å²) in [6.45, 7) is 11.8. The van der Waals surface area contributed by atoms with Crippen molar-refractivity contribution in [2.75, 3.05) is 19.6 Å². The number of fused-ring (bicyclic) bond motifs is 2. The Morgan fingerprint density at radius 1 is 0.977 bits per heavy atom. The van der Waals surface area contributed by atoms with Gasteiger partial charge in [-0.2, -0.15) is 5.06 Å². The van der Waals surface area contributed by atoms with E-state index >= 15 is 0 Å². The van der Waals surface area contributed by atoms with Crippen molar-refractivity contribution in [3.8, 4) is 0 Å². The second-order valence-corrected chi connectivity index (χ2v) is 13.7. The number of urea groups is 1. The van der Waals surface area contributed by atoms with Gasteiger partial charge in [-0.15, -0.1) is 0 Å². The SMILES string of the molecule is CC(C)(C)N(C(=O)O)C(NC(=O)O)(N1CCC(ONC(=O)[C@@H]2CC[C@@H]3CN2C(=O)N3OCc2ccccc2)CC1)C(C)(C)C. The molecule has 3 heterocycles. The Morgan fingerprint density at radius 3 is 2.16 bits per heavy atom. The maximum atomic E-state index is 13.2. The Hall–Kier alpha value is -3.62. The summed E-state index contributed by atoms with van der Waals surface area (Å²) in [5.41, 5.74) is 1.70. The number of benzene rings is 1. The third-order valence-electron chi connectivity index (χ3n) is 8.58. The highest BCUT2D eigenvalue weighted by Crippen LogP contribution is 2.42. The molecule has 1 unspecified atom stereocenters. The zero-order chi connectivity index (χ0) is 32.4. The molecule has 44 heavy (non-hydrogen) atoms. The summed E-state index contributed by atoms with van der Waals surface area (Å²) in [5, 5.41) is 24.1. The number of piperidine rings is 2. The first-order valence-corrected chi connectivity index (χ1v) is 15.1. The van der Waals surface area contributed by atoms with E-state index in [9.17, 15) is 29.4 Å². The zero-order valence-electron chi connectivity index (χ0n) is 26.4. The van der Waals surface area contributed by atoms with E-state index in [4.69, 9.17) is 9.68 Å². The summed E-state index contributed by atoms with van der Waals surface area (Å²) >= 11 is 0. The van der Waals surface area contributed by atoms with Gasteiger partial charge < -0.3 is 15.1 Å². The number of hydroxylamine groups is 3. The van der Waals surface area contributed by atoms with Crippen LogP contribution in [0.25, 0.3) is 0 Å². The Morgan fingerprint density at radius 2 is 1.61 bits per heavy atom. The van der Waals surface area contributed by atoms with Crippen LogP contribution in [0.1, 0.15) is 72.8 Å². The molecule has 0 spiro atoms. The van der Waals surface area contributed by atoms with Gasteiger partial charge in [-0.1, -0.05) is 51.1 Å². The van der Waals surface area contributed by atoms with Gasteiger partial charge in [0.05, 0.1) is 12.1 Å². The molecule has 1 aromatic carbocycles. The lowest BCUT2D eigenvalue weighted by Crippen LogP contribution is -2.80. The largest absolute Gasteiger partial charge is 0.465 e. The van der Waals surface area contributed by atoms with Gasteiger partial charge in [0, 0.05) is 30.6 Å². The minimum atomic E-state index is -1.58. The predicted octanol–water partition coefficient (Wildman–Crippen LogP) is 3.65. The maximum Gasteiger partial charge on any atom is 0.410 e. The first-order chi connectivity index (χ1) is 20.6. The number of carboxylic acid groups (broad SMARTS) is 2. The van der Waals surface area contributed by atoms with E-state index in [1.807, 2.05) is 35.2 Å². The molecule has 3 fully saturated rings. The topological polar surface area (TPSA) is 164 Å². The molecule has 0 aliphatic carbocycles. The summed E-state index contributed by atoms with van der Waals surface area (Å²) in [7, 11) is 0. The van der Waals surface area contributed by atoms with Crippen molar-refractivity contribution in [2.24, 2.45) is 5.41 Å². The van der Waals surface area contributed by atoms with Gasteiger partial charge >= 0.3 is 18.2 Å². The zero-order valence-corrected chi connectivity index (χ0v) is 26.4. The molecule has 3 atom stereocenters. The van der Waals surface area contributed by atoms with E-state index in [1.165, 1.54) is 14.9 Å². The molecule has 0 aromatic heterocycles. The van der Waals surface area contributed by atoms with Crippen molar-refractivity contribution < 1.29 is 39.1 Å². The summed E-state index contributed by atoms with van der Waals surface area (Å²) in [5.74, 6) is -1.99. The molecule has 0 saturated carbocycles. The van der Waals surface area contributed by atoms with Crippen LogP contribution in [0.2, 0.25) is 0 Å². The summed E-state index contributed by atoms with van der Waals surface area (Å²) in [6, 6.07) is 8.40. The first kappa shape index (κ1) is 33.3. The molecule has 5 amide bonds. The quantitative estimate of drug-likeness (QED) is 0.239. The highest BCUT2D eigenvalue weighted by molar-refractivity contribution is 5.88. The van der Waals surface area contributed by atoms with Gasteiger partial charge in [-0.25, -0.2) is 19.9 Å². The second-order valence-electron chi connectivity index (χ2n) is 13.7. The first-order valence-electron chi connectivity index (χ1n) is 15.1. The van der Waals surface area contributed by atoms with E-state index in [1.54, 1.807) is 41.5 Å². The van der Waals surface area contributed by atoms with E-state index in [-0.39, 0.29) is 24.8 Å². The number of carbonyl (C=O) groups is 4. The van der Waals surface area contributed by atoms with E-state index in [0.29, 0.717) is 45.3 Å². The molecule has 2 bridgehead atoms. The van der Waals surface area contributed by atoms with Gasteiger partial charge in [-0.05, 0) is 52.0 Å². The van der Waals surface area contributed by atoms with E-state index in [2.05, 4.69) is 10.8 Å². The number of amides is 5. The van der Waals surface area contributed by atoms with Crippen LogP contribution in [0.15, 0.2) is 30.3 Å². The van der Waals surface area contributed by atoms with E-state index in [0.717, 1.165) is 5.56 Å². The van der Waals surface area contributed by atoms with Gasteiger partial charge in [0.25, 0.3) is 5.91 Å². The highest BCUT2D eigenvalue weighted by Gasteiger charge is 2.58. The van der Waals surface area contributed by atoms with Crippen LogP contribution in [-0.2, 0) is 21.1 Å². The van der Waals surface area contributed by atoms with Crippen LogP contribution in [0, 0.1) is 5.41 Å². The Kier molecular flexibility index (Phi) is 9.66. The monoisotopic (exact) mass is 618 g/mol. The van der Waals surface area contributed by atoms with Crippen LogP contribution in [-0.4, -0.2) is 103 Å². The van der Waals surface area contributed by atoms with Crippen molar-refractivity contribution in [1.29, 1.82) is 0 Å². The lowest BCUT2D eigenvalue weighted by Gasteiger charge is -2.60. The number of likely N-dealkylation sites (tertiary alicyclic amines) is 1. The summed E-state index contributed by atoms with van der Waals surface area (Å²) in [4.78, 5) is 67.1. The Labute approximate surface area is 258 Å². The number of nitrogens with zero attached hydrogens (tertiary/aromatic N) is 4. The fraction of sp³-hybridized carbons (Fsp3) is 0.667. The smallest absolute Gasteiger partial charge is 0.410 e. The van der Waals surface area contributed by atoms with Crippen molar-refractivity contribution in [3.63, 3.8) is 0 Å². The predicted molar refractivity (Wildman–Crippen MR) is 159 cm³/mol. The minimum Gasteiger partial charge on any atom is -0.465 e. The average Bonchev–Trinajstić information content (AvgIpc) is 3.17. The van der Waals surface area contributed by atoms with Crippen molar-refractivity contribution in [3.05, 3.63) is 35.9 Å². The lowest BCUT2D eigenvalue weighted by molar-refractivity contribution is -0.181. The Balaban J connectivity index is 1.37. The van der Waals surface area contributed by atoms with Gasteiger partial charge in [-0.3, -0.25) is 29.6 Å². The molecule has 4 N–H and O–H groups in total.